The summed E-state index contributed by atoms with van der Waals surface area (Å²) in [6.45, 7) is 2.86. The average Bonchev–Trinajstić information content (AvgIpc) is 1.62. The first-order valence-corrected chi connectivity index (χ1v) is 2.99. The van der Waals surface area contributed by atoms with Gasteiger partial charge in [-0.3, -0.25) is 0 Å². The Bertz CT molecular complexity index is 74.9. The summed E-state index contributed by atoms with van der Waals surface area (Å²) in [5.41, 5.74) is 0. The van der Waals surface area contributed by atoms with Gasteiger partial charge in [0, 0.05) is 13.0 Å². The summed E-state index contributed by atoms with van der Waals surface area (Å²) in [5.74, 6) is -2.00. The monoisotopic (exact) mass is 133 g/mol. The Morgan fingerprint density at radius 2 is 2.11 bits per heavy atom. The van der Waals surface area contributed by atoms with Crippen LogP contribution in [0.25, 0.3) is 0 Å². The Balaban J connectivity index is 3.47. The molecular formula is C6H13O3. The Kier molecular flexibility index (Phi) is 3.11. The van der Waals surface area contributed by atoms with Crippen LogP contribution in [-0.2, 0) is 5.11 Å². The highest BCUT2D eigenvalue weighted by Gasteiger charge is 2.20. The van der Waals surface area contributed by atoms with Gasteiger partial charge in [-0.25, -0.2) is 0 Å². The van der Waals surface area contributed by atoms with E-state index >= 15 is 0 Å². The second kappa shape index (κ2) is 3.15. The van der Waals surface area contributed by atoms with Crippen molar-refractivity contribution >= 4 is 0 Å². The summed E-state index contributed by atoms with van der Waals surface area (Å²) in [7, 11) is 0. The normalized spacial score (nSPS) is 15.7. The summed E-state index contributed by atoms with van der Waals surface area (Å²) < 4.78 is 0. The van der Waals surface area contributed by atoms with Gasteiger partial charge < -0.3 is 10.2 Å². The molecule has 0 aliphatic heterocycles. The van der Waals surface area contributed by atoms with Crippen LogP contribution in [0.3, 0.4) is 0 Å². The highest BCUT2D eigenvalue weighted by Crippen LogP contribution is 2.12. The first kappa shape index (κ1) is 8.88. The minimum absolute atomic E-state index is 0.0433. The Labute approximate surface area is 54.9 Å². The van der Waals surface area contributed by atoms with Gasteiger partial charge in [0.2, 0.25) is 0 Å². The van der Waals surface area contributed by atoms with E-state index in [0.29, 0.717) is 0 Å². The zero-order valence-corrected chi connectivity index (χ0v) is 5.79. The van der Waals surface area contributed by atoms with E-state index in [0.717, 1.165) is 0 Å². The van der Waals surface area contributed by atoms with E-state index in [1.165, 1.54) is 6.92 Å². The van der Waals surface area contributed by atoms with Crippen LogP contribution in [0, 0.1) is 5.92 Å². The molecule has 0 aliphatic carbocycles. The Hall–Kier alpha value is -0.120. The number of rotatable bonds is 3. The molecule has 0 heterocycles. The van der Waals surface area contributed by atoms with Crippen LogP contribution in [0.4, 0.5) is 0 Å². The molecule has 0 saturated heterocycles. The van der Waals surface area contributed by atoms with Crippen molar-refractivity contribution in [3.05, 3.63) is 0 Å². The molecule has 2 unspecified atom stereocenters. The van der Waals surface area contributed by atoms with E-state index in [9.17, 15) is 5.11 Å². The molecule has 2 atom stereocenters. The van der Waals surface area contributed by atoms with Crippen LogP contribution >= 0.6 is 0 Å². The van der Waals surface area contributed by atoms with Gasteiger partial charge in [-0.05, 0) is 12.8 Å². The van der Waals surface area contributed by atoms with Gasteiger partial charge in [-0.2, -0.15) is 5.11 Å². The predicted octanol–water partition coefficient (Wildman–Crippen LogP) is 0.144. The third-order valence-corrected chi connectivity index (χ3v) is 1.04. The molecule has 0 amide bonds. The molecule has 0 rings (SSSR count). The van der Waals surface area contributed by atoms with E-state index < -0.39 is 5.79 Å². The zero-order valence-electron chi connectivity index (χ0n) is 5.79. The van der Waals surface area contributed by atoms with Crippen LogP contribution < -0.4 is 0 Å². The van der Waals surface area contributed by atoms with E-state index in [1.807, 2.05) is 0 Å². The number of aliphatic hydroxyl groups is 2. The largest absolute Gasteiger partial charge is 0.396 e. The van der Waals surface area contributed by atoms with Gasteiger partial charge in [0.25, 0.3) is 0 Å². The van der Waals surface area contributed by atoms with Crippen LogP contribution in [0.5, 0.6) is 0 Å². The lowest BCUT2D eigenvalue weighted by Gasteiger charge is -2.16. The topological polar surface area (TPSA) is 60.4 Å². The van der Waals surface area contributed by atoms with Crippen molar-refractivity contribution in [1.82, 2.24) is 0 Å². The summed E-state index contributed by atoms with van der Waals surface area (Å²) in [6, 6.07) is 0. The summed E-state index contributed by atoms with van der Waals surface area (Å²) in [5, 5.41) is 27.6. The van der Waals surface area contributed by atoms with Gasteiger partial charge in [-0.1, -0.05) is 6.92 Å². The number of hydrogen-bond acceptors (Lipinski definition) is 2. The van der Waals surface area contributed by atoms with Gasteiger partial charge in [0.1, 0.15) is 0 Å². The summed E-state index contributed by atoms with van der Waals surface area (Å²) >= 11 is 0. The second-order valence-corrected chi connectivity index (χ2v) is 2.67. The van der Waals surface area contributed by atoms with E-state index in [2.05, 4.69) is 0 Å². The highest BCUT2D eigenvalue weighted by molar-refractivity contribution is 4.60. The fraction of sp³-hybridized carbons (Fsp3) is 1.00. The SMILES string of the molecule is CC(CO)CC(C)([O])O. The standard InChI is InChI=1S/C6H13O3/c1-5(4-7)3-6(2,8)9/h5,7-8H,3-4H2,1-2H3. The van der Waals surface area contributed by atoms with Gasteiger partial charge >= 0.3 is 0 Å². The quantitative estimate of drug-likeness (QED) is 0.538. The molecule has 1 radical (unpaired) electrons. The van der Waals surface area contributed by atoms with Gasteiger partial charge in [0.15, 0.2) is 5.79 Å². The smallest absolute Gasteiger partial charge is 0.196 e. The average molecular weight is 133 g/mol. The zero-order chi connectivity index (χ0) is 7.49. The van der Waals surface area contributed by atoms with E-state index in [1.54, 1.807) is 6.92 Å². The fourth-order valence-corrected chi connectivity index (χ4v) is 0.711. The molecule has 0 aliphatic rings. The molecule has 0 aromatic rings. The molecule has 0 fully saturated rings. The van der Waals surface area contributed by atoms with Crippen molar-refractivity contribution in [2.24, 2.45) is 5.92 Å². The van der Waals surface area contributed by atoms with Crippen molar-refractivity contribution in [3.8, 4) is 0 Å². The molecule has 0 bridgehead atoms. The molecule has 0 aromatic carbocycles. The van der Waals surface area contributed by atoms with Crippen molar-refractivity contribution in [1.29, 1.82) is 0 Å². The number of hydrogen-bond donors (Lipinski definition) is 2. The Morgan fingerprint density at radius 1 is 1.67 bits per heavy atom. The van der Waals surface area contributed by atoms with Crippen LogP contribution in [0.1, 0.15) is 20.3 Å². The number of aliphatic hydroxyl groups excluding tert-OH is 1. The molecule has 9 heavy (non-hydrogen) atoms. The lowest BCUT2D eigenvalue weighted by molar-refractivity contribution is -0.202. The molecule has 2 N–H and O–H groups in total. The van der Waals surface area contributed by atoms with Crippen molar-refractivity contribution in [2.45, 2.75) is 26.1 Å². The lowest BCUT2D eigenvalue weighted by atomic mass is 10.0. The van der Waals surface area contributed by atoms with Gasteiger partial charge in [0.05, 0.1) is 0 Å². The molecule has 0 aromatic heterocycles. The molecule has 0 saturated carbocycles. The maximum Gasteiger partial charge on any atom is 0.196 e. The summed E-state index contributed by atoms with van der Waals surface area (Å²) in [4.78, 5) is 0. The molecule has 55 valence electrons. The maximum absolute atomic E-state index is 10.5. The molecular weight excluding hydrogens is 120 g/mol. The van der Waals surface area contributed by atoms with Crippen LogP contribution in [0.2, 0.25) is 0 Å². The Morgan fingerprint density at radius 3 is 2.22 bits per heavy atom. The third kappa shape index (κ3) is 5.76. The molecule has 3 nitrogen and oxygen atoms in total. The van der Waals surface area contributed by atoms with Crippen LogP contribution in [0.15, 0.2) is 0 Å². The summed E-state index contributed by atoms with van der Waals surface area (Å²) in [6.07, 6.45) is 0.101. The van der Waals surface area contributed by atoms with E-state index in [4.69, 9.17) is 10.2 Å². The van der Waals surface area contributed by atoms with Crippen molar-refractivity contribution < 1.29 is 15.3 Å². The maximum atomic E-state index is 10.5. The first-order valence-electron chi connectivity index (χ1n) is 2.99. The predicted molar refractivity (Wildman–Crippen MR) is 32.2 cm³/mol. The van der Waals surface area contributed by atoms with Gasteiger partial charge in [-0.15, -0.1) is 0 Å². The van der Waals surface area contributed by atoms with Crippen LogP contribution in [-0.4, -0.2) is 22.6 Å². The second-order valence-electron chi connectivity index (χ2n) is 2.67. The lowest BCUT2D eigenvalue weighted by Crippen LogP contribution is -2.25. The first-order chi connectivity index (χ1) is 3.95. The van der Waals surface area contributed by atoms with E-state index in [-0.39, 0.29) is 18.9 Å². The van der Waals surface area contributed by atoms with Crippen molar-refractivity contribution in [3.63, 3.8) is 0 Å². The minimum Gasteiger partial charge on any atom is -0.396 e. The minimum atomic E-state index is -1.89. The molecule has 3 heteroatoms. The highest BCUT2D eigenvalue weighted by atomic mass is 16.5. The molecule has 0 spiro atoms. The van der Waals surface area contributed by atoms with Crippen molar-refractivity contribution in [2.75, 3.05) is 6.61 Å². The fourth-order valence-electron chi connectivity index (χ4n) is 0.711. The third-order valence-electron chi connectivity index (χ3n) is 1.04.